The first-order valence-corrected chi connectivity index (χ1v) is 3.81. The molecule has 0 spiro atoms. The van der Waals surface area contributed by atoms with Gasteiger partial charge >= 0.3 is 80.8 Å². The molecule has 0 aromatic heterocycles. The zero-order valence-corrected chi connectivity index (χ0v) is 6.41. The first kappa shape index (κ1) is 9.79. The summed E-state index contributed by atoms with van der Waals surface area (Å²) in [5.41, 5.74) is 0. The Morgan fingerprint density at radius 3 is 1.62 bits per heavy atom. The Kier molecular flexibility index (Phi) is 8.45. The Bertz CT molecular complexity index is 40.9. The van der Waals surface area contributed by atoms with Gasteiger partial charge in [-0.15, -0.1) is 0 Å². The predicted molar refractivity (Wildman–Crippen MR) is 39.9 cm³/mol. The zero-order chi connectivity index (χ0) is 6.41. The van der Waals surface area contributed by atoms with E-state index in [1.54, 1.807) is 0 Å². The SMILES string of the molecule is [Li][CH2]C[CH]([Li])C[CH2][Li]. The molecule has 0 N–H and O–H groups in total. The summed E-state index contributed by atoms with van der Waals surface area (Å²) in [5.74, 6) is 0. The molecule has 32 valence electrons. The van der Waals surface area contributed by atoms with E-state index < -0.39 is 0 Å². The second kappa shape index (κ2) is 6.91. The molecule has 0 heterocycles. The summed E-state index contributed by atoms with van der Waals surface area (Å²) in [5, 5.41) is 2.70. The van der Waals surface area contributed by atoms with Crippen LogP contribution in [0.2, 0.25) is 14.8 Å². The Hall–Kier alpha value is 1.79. The topological polar surface area (TPSA) is 0 Å². The van der Waals surface area contributed by atoms with Crippen molar-refractivity contribution in [1.82, 2.24) is 0 Å². The van der Waals surface area contributed by atoms with Crippen LogP contribution in [0.3, 0.4) is 0 Å². The van der Waals surface area contributed by atoms with Gasteiger partial charge in [0.15, 0.2) is 0 Å². The van der Waals surface area contributed by atoms with Gasteiger partial charge in [0.2, 0.25) is 0 Å². The maximum atomic E-state index is 2.34. The Labute approximate surface area is 80.2 Å². The van der Waals surface area contributed by atoms with Crippen LogP contribution < -0.4 is 0 Å². The molecule has 0 aromatic rings. The molecule has 3 heteroatoms. The molecule has 0 fully saturated rings. The normalized spacial score (nSPS) is 10.9. The molecule has 0 aliphatic heterocycles. The number of hydrogen-bond donors (Lipinski definition) is 0. The first-order chi connectivity index (χ1) is 3.81. The summed E-state index contributed by atoms with van der Waals surface area (Å²) in [4.78, 5) is 0. The molecule has 0 amide bonds. The van der Waals surface area contributed by atoms with Crippen LogP contribution in [-0.2, 0) is 0 Å². The molecule has 0 nitrogen and oxygen atoms in total. The van der Waals surface area contributed by atoms with E-state index in [0.717, 1.165) is 4.59 Å². The zero-order valence-electron chi connectivity index (χ0n) is 6.41. The number of rotatable bonds is 4. The third kappa shape index (κ3) is 5.92. The van der Waals surface area contributed by atoms with Crippen molar-refractivity contribution < 1.29 is 0 Å². The Morgan fingerprint density at radius 2 is 1.38 bits per heavy atom. The molecule has 0 saturated heterocycles. The molecule has 0 bridgehead atoms. The molecule has 0 rings (SSSR count). The van der Waals surface area contributed by atoms with Crippen LogP contribution in [0.5, 0.6) is 0 Å². The van der Waals surface area contributed by atoms with Crippen LogP contribution in [0, 0.1) is 0 Å². The predicted octanol–water partition coefficient (Wildman–Crippen LogP) is 0.897. The minimum atomic E-state index is 0.963. The quantitative estimate of drug-likeness (QED) is 0.450. The molecule has 0 aliphatic carbocycles. The van der Waals surface area contributed by atoms with Gasteiger partial charge in [0.1, 0.15) is 0 Å². The van der Waals surface area contributed by atoms with E-state index in [9.17, 15) is 0 Å². The van der Waals surface area contributed by atoms with Crippen LogP contribution in [-0.4, -0.2) is 53.1 Å². The summed E-state index contributed by atoms with van der Waals surface area (Å²) < 4.78 is 0.963. The monoisotopic (exact) mass is 90.1 g/mol. The van der Waals surface area contributed by atoms with E-state index in [2.05, 4.69) is 53.1 Å². The Morgan fingerprint density at radius 1 is 1.00 bits per heavy atom. The fourth-order valence-electron chi connectivity index (χ4n) is 1.13. The van der Waals surface area contributed by atoms with Crippen molar-refractivity contribution in [3.05, 3.63) is 0 Å². The third-order valence-corrected chi connectivity index (χ3v) is 1.56. The van der Waals surface area contributed by atoms with E-state index in [1.165, 1.54) is 23.0 Å². The van der Waals surface area contributed by atoms with Crippen molar-refractivity contribution in [3.8, 4) is 0 Å². The second-order valence-electron chi connectivity index (χ2n) is 2.68. The molecule has 0 radical (unpaired) electrons. The van der Waals surface area contributed by atoms with Crippen LogP contribution in [0.25, 0.3) is 0 Å². The average Bonchev–Trinajstić information content (AvgIpc) is 1.68. The van der Waals surface area contributed by atoms with Gasteiger partial charge in [-0.05, 0) is 0 Å². The second-order valence-corrected chi connectivity index (χ2v) is 2.68. The molecule has 0 aliphatic rings. The van der Waals surface area contributed by atoms with Crippen molar-refractivity contribution in [1.29, 1.82) is 0 Å². The van der Waals surface area contributed by atoms with Crippen molar-refractivity contribution in [2.24, 2.45) is 0 Å². The van der Waals surface area contributed by atoms with Crippen LogP contribution >= 0.6 is 0 Å². The summed E-state index contributed by atoms with van der Waals surface area (Å²) in [7, 11) is 0. The fraction of sp³-hybridized carbons (Fsp3) is 1.00. The van der Waals surface area contributed by atoms with Crippen molar-refractivity contribution in [3.63, 3.8) is 0 Å². The van der Waals surface area contributed by atoms with Gasteiger partial charge in [-0.3, -0.25) is 0 Å². The summed E-state index contributed by atoms with van der Waals surface area (Å²) in [6.45, 7) is 0. The van der Waals surface area contributed by atoms with Gasteiger partial charge in [0.25, 0.3) is 0 Å². The molecule has 0 atom stereocenters. The van der Waals surface area contributed by atoms with Gasteiger partial charge in [0.05, 0.1) is 0 Å². The summed E-state index contributed by atoms with van der Waals surface area (Å²) in [6.07, 6.45) is 2.82. The average molecular weight is 90.0 g/mol. The van der Waals surface area contributed by atoms with Crippen LogP contribution in [0.15, 0.2) is 0 Å². The third-order valence-electron chi connectivity index (χ3n) is 1.56. The molecule has 0 unspecified atom stereocenters. The van der Waals surface area contributed by atoms with E-state index in [-0.39, 0.29) is 0 Å². The Balaban J connectivity index is 2.92. The van der Waals surface area contributed by atoms with Gasteiger partial charge in [-0.25, -0.2) is 0 Å². The molecule has 0 saturated carbocycles. The maximum absolute atomic E-state index is 2.34. The molecule has 0 aromatic carbocycles. The van der Waals surface area contributed by atoms with Gasteiger partial charge in [-0.2, -0.15) is 0 Å². The van der Waals surface area contributed by atoms with Crippen LogP contribution in [0.4, 0.5) is 0 Å². The van der Waals surface area contributed by atoms with Gasteiger partial charge in [0, 0.05) is 0 Å². The molecule has 8 heavy (non-hydrogen) atoms. The van der Waals surface area contributed by atoms with Crippen molar-refractivity contribution >= 4 is 53.1 Å². The van der Waals surface area contributed by atoms with Gasteiger partial charge in [-0.1, -0.05) is 0 Å². The standard InChI is InChI=1S/C5H9.3Li/c1-3-5-4-2;;;/h5H,1-4H2;;;. The summed E-state index contributed by atoms with van der Waals surface area (Å²) in [6, 6.07) is 0. The van der Waals surface area contributed by atoms with Gasteiger partial charge < -0.3 is 0 Å². The fourth-order valence-corrected chi connectivity index (χ4v) is 1.13. The molecular weight excluding hydrogens is 80.9 g/mol. The van der Waals surface area contributed by atoms with E-state index in [0.29, 0.717) is 0 Å². The van der Waals surface area contributed by atoms with E-state index in [1.807, 2.05) is 0 Å². The van der Waals surface area contributed by atoms with E-state index >= 15 is 0 Å². The minimum absolute atomic E-state index is 0.963. The van der Waals surface area contributed by atoms with Crippen molar-refractivity contribution in [2.75, 3.05) is 0 Å². The van der Waals surface area contributed by atoms with Crippen LogP contribution in [0.1, 0.15) is 12.8 Å². The summed E-state index contributed by atoms with van der Waals surface area (Å²) >= 11 is 6.85. The molecular formula is C5H9Li3. The number of hydrogen-bond acceptors (Lipinski definition) is 0. The first-order valence-electron chi connectivity index (χ1n) is 3.81. The van der Waals surface area contributed by atoms with E-state index in [4.69, 9.17) is 0 Å². The van der Waals surface area contributed by atoms with Crippen molar-refractivity contribution in [2.45, 2.75) is 27.6 Å².